The van der Waals surface area contributed by atoms with E-state index in [0.29, 0.717) is 18.4 Å². The lowest BCUT2D eigenvalue weighted by Gasteiger charge is -1.98. The van der Waals surface area contributed by atoms with Crippen LogP contribution in [0.25, 0.3) is 0 Å². The minimum atomic E-state index is -3.56. The van der Waals surface area contributed by atoms with E-state index in [2.05, 4.69) is 9.44 Å². The summed E-state index contributed by atoms with van der Waals surface area (Å²) in [6.45, 7) is 1.75. The molecule has 0 N–H and O–H groups in total. The number of oxime groups is 1. The first kappa shape index (κ1) is 14.2. The zero-order valence-corrected chi connectivity index (χ0v) is 10.9. The van der Waals surface area contributed by atoms with Crippen LogP contribution < -0.4 is 0 Å². The fourth-order valence-electron chi connectivity index (χ4n) is 1.25. The van der Waals surface area contributed by atoms with Gasteiger partial charge in [-0.05, 0) is 17.5 Å². The maximum atomic E-state index is 11.2. The second-order valence-corrected chi connectivity index (χ2v) is 5.32. The average Bonchev–Trinajstić information content (AvgIpc) is 2.31. The van der Waals surface area contributed by atoms with Crippen LogP contribution in [0.4, 0.5) is 0 Å². The zero-order chi connectivity index (χ0) is 13.4. The number of rotatable bonds is 6. The van der Waals surface area contributed by atoms with Crippen molar-refractivity contribution in [2.24, 2.45) is 5.16 Å². The van der Waals surface area contributed by atoms with Crippen LogP contribution in [0.3, 0.4) is 0 Å². The molecule has 1 aromatic rings. The van der Waals surface area contributed by atoms with Crippen LogP contribution in [0.2, 0.25) is 0 Å². The van der Waals surface area contributed by atoms with E-state index in [4.69, 9.17) is 5.26 Å². The Hall–Kier alpha value is -1.87. The van der Waals surface area contributed by atoms with Gasteiger partial charge in [0.2, 0.25) is 0 Å². The third kappa shape index (κ3) is 4.97. The van der Waals surface area contributed by atoms with E-state index in [0.717, 1.165) is 5.56 Å². The molecule has 18 heavy (non-hydrogen) atoms. The fraction of sp³-hybridized carbons (Fsp3) is 0.333. The van der Waals surface area contributed by atoms with Gasteiger partial charge in [-0.3, -0.25) is 4.28 Å². The summed E-state index contributed by atoms with van der Waals surface area (Å²) in [5, 5.41) is 11.9. The SMILES string of the molecule is CCCS(=O)(=O)ON=Cc1ccc(CC#N)cc1. The topological polar surface area (TPSA) is 79.5 Å². The van der Waals surface area contributed by atoms with Gasteiger partial charge in [0.25, 0.3) is 0 Å². The molecule has 0 heterocycles. The van der Waals surface area contributed by atoms with Crippen LogP contribution in [0, 0.1) is 11.3 Å². The Balaban J connectivity index is 2.60. The van der Waals surface area contributed by atoms with E-state index >= 15 is 0 Å². The van der Waals surface area contributed by atoms with Crippen LogP contribution in [0.5, 0.6) is 0 Å². The second kappa shape index (κ2) is 6.77. The molecule has 0 atom stereocenters. The van der Waals surface area contributed by atoms with Gasteiger partial charge in [0.1, 0.15) is 0 Å². The van der Waals surface area contributed by atoms with Crippen LogP contribution in [-0.2, 0) is 20.8 Å². The van der Waals surface area contributed by atoms with Crippen molar-refractivity contribution in [2.75, 3.05) is 5.75 Å². The lowest BCUT2D eigenvalue weighted by molar-refractivity contribution is 0.341. The van der Waals surface area contributed by atoms with Gasteiger partial charge in [0.05, 0.1) is 24.5 Å². The molecule has 0 radical (unpaired) electrons. The van der Waals surface area contributed by atoms with Crippen molar-refractivity contribution in [1.82, 2.24) is 0 Å². The second-order valence-electron chi connectivity index (χ2n) is 3.65. The maximum absolute atomic E-state index is 11.2. The van der Waals surface area contributed by atoms with Gasteiger partial charge in [-0.1, -0.05) is 36.3 Å². The van der Waals surface area contributed by atoms with E-state index < -0.39 is 10.1 Å². The number of nitriles is 1. The van der Waals surface area contributed by atoms with Crippen LogP contribution in [0.1, 0.15) is 24.5 Å². The van der Waals surface area contributed by atoms with Gasteiger partial charge >= 0.3 is 10.1 Å². The standard InChI is InChI=1S/C12H14N2O3S/c1-2-9-18(15,16)17-14-10-12-5-3-11(4-6-12)7-8-13/h3-6,10H,2,7,9H2,1H3. The predicted molar refractivity (Wildman–Crippen MR) is 68.5 cm³/mol. The van der Waals surface area contributed by atoms with E-state index in [-0.39, 0.29) is 5.75 Å². The van der Waals surface area contributed by atoms with Crippen LogP contribution >= 0.6 is 0 Å². The molecule has 0 amide bonds. The van der Waals surface area contributed by atoms with Gasteiger partial charge in [0, 0.05) is 0 Å². The van der Waals surface area contributed by atoms with E-state index in [1.807, 2.05) is 6.07 Å². The molecule has 6 heteroatoms. The largest absolute Gasteiger partial charge is 0.328 e. The maximum Gasteiger partial charge on any atom is 0.328 e. The minimum absolute atomic E-state index is 0.0502. The van der Waals surface area contributed by atoms with Crippen LogP contribution in [0.15, 0.2) is 29.4 Å². The van der Waals surface area contributed by atoms with Gasteiger partial charge in [0.15, 0.2) is 0 Å². The molecule has 0 spiro atoms. The number of nitrogens with zero attached hydrogens (tertiary/aromatic N) is 2. The Labute approximate surface area is 107 Å². The van der Waals surface area contributed by atoms with Crippen LogP contribution in [-0.4, -0.2) is 20.4 Å². The molecule has 96 valence electrons. The number of benzene rings is 1. The number of hydrogen-bond acceptors (Lipinski definition) is 5. The van der Waals surface area contributed by atoms with Crippen molar-refractivity contribution >= 4 is 16.3 Å². The highest BCUT2D eigenvalue weighted by molar-refractivity contribution is 7.86. The van der Waals surface area contributed by atoms with Crippen molar-refractivity contribution in [3.63, 3.8) is 0 Å². The molecule has 0 aliphatic rings. The van der Waals surface area contributed by atoms with Gasteiger partial charge in [-0.15, -0.1) is 0 Å². The molecule has 0 bridgehead atoms. The van der Waals surface area contributed by atoms with E-state index in [9.17, 15) is 8.42 Å². The molecule has 1 rings (SSSR count). The molecule has 0 aliphatic carbocycles. The quantitative estimate of drug-likeness (QED) is 0.581. The predicted octanol–water partition coefficient (Wildman–Crippen LogP) is 1.84. The molecule has 0 saturated heterocycles. The molecule has 0 fully saturated rings. The Morgan fingerprint density at radius 1 is 1.39 bits per heavy atom. The third-order valence-corrected chi connectivity index (χ3v) is 3.30. The van der Waals surface area contributed by atoms with E-state index in [1.54, 1.807) is 31.2 Å². The van der Waals surface area contributed by atoms with Crippen molar-refractivity contribution < 1.29 is 12.7 Å². The molecular weight excluding hydrogens is 252 g/mol. The molecular formula is C12H14N2O3S. The Kier molecular flexibility index (Phi) is 5.33. The van der Waals surface area contributed by atoms with Crippen molar-refractivity contribution in [3.05, 3.63) is 35.4 Å². The Bertz CT molecular complexity index is 542. The summed E-state index contributed by atoms with van der Waals surface area (Å²) in [6, 6.07) is 9.09. The highest BCUT2D eigenvalue weighted by Gasteiger charge is 2.08. The summed E-state index contributed by atoms with van der Waals surface area (Å²) in [5.41, 5.74) is 1.61. The first-order valence-corrected chi connectivity index (χ1v) is 7.05. The van der Waals surface area contributed by atoms with Gasteiger partial charge < -0.3 is 0 Å². The summed E-state index contributed by atoms with van der Waals surface area (Å²) in [5.74, 6) is -0.0502. The third-order valence-electron chi connectivity index (χ3n) is 2.08. The minimum Gasteiger partial charge on any atom is -0.268 e. The monoisotopic (exact) mass is 266 g/mol. The molecule has 0 aromatic heterocycles. The van der Waals surface area contributed by atoms with Gasteiger partial charge in [-0.2, -0.15) is 13.7 Å². The summed E-state index contributed by atoms with van der Waals surface area (Å²) >= 11 is 0. The first-order valence-electron chi connectivity index (χ1n) is 5.48. The van der Waals surface area contributed by atoms with Gasteiger partial charge in [-0.25, -0.2) is 0 Å². The smallest absolute Gasteiger partial charge is 0.268 e. The summed E-state index contributed by atoms with van der Waals surface area (Å²) in [7, 11) is -3.56. The highest BCUT2D eigenvalue weighted by atomic mass is 32.2. The first-order chi connectivity index (χ1) is 8.57. The Morgan fingerprint density at radius 3 is 2.61 bits per heavy atom. The average molecular weight is 266 g/mol. The number of hydrogen-bond donors (Lipinski definition) is 0. The molecule has 0 aliphatic heterocycles. The lowest BCUT2D eigenvalue weighted by Crippen LogP contribution is -2.06. The summed E-state index contributed by atoms with van der Waals surface area (Å²) < 4.78 is 26.8. The molecule has 5 nitrogen and oxygen atoms in total. The van der Waals surface area contributed by atoms with Crippen molar-refractivity contribution in [3.8, 4) is 6.07 Å². The van der Waals surface area contributed by atoms with Crippen molar-refractivity contribution in [1.29, 1.82) is 5.26 Å². The lowest BCUT2D eigenvalue weighted by atomic mass is 10.1. The molecule has 0 saturated carbocycles. The zero-order valence-electron chi connectivity index (χ0n) is 10.0. The summed E-state index contributed by atoms with van der Waals surface area (Å²) in [6.07, 6.45) is 2.16. The van der Waals surface area contributed by atoms with E-state index in [1.165, 1.54) is 6.21 Å². The molecule has 1 aromatic carbocycles. The Morgan fingerprint density at radius 2 is 2.06 bits per heavy atom. The molecule has 0 unspecified atom stereocenters. The fourth-order valence-corrected chi connectivity index (χ4v) is 2.00. The summed E-state index contributed by atoms with van der Waals surface area (Å²) in [4.78, 5) is 0. The van der Waals surface area contributed by atoms with Crippen molar-refractivity contribution in [2.45, 2.75) is 19.8 Å². The normalized spacial score (nSPS) is 11.3. The highest BCUT2D eigenvalue weighted by Crippen LogP contribution is 2.03.